The molecule has 1 rings (SSSR count). The van der Waals surface area contributed by atoms with E-state index in [0.717, 1.165) is 6.20 Å². The third-order valence-electron chi connectivity index (χ3n) is 2.12. The fraction of sp³-hybridized carbons (Fsp3) is 0.250. The smallest absolute Gasteiger partial charge is 0.308 e. The van der Waals surface area contributed by atoms with Gasteiger partial charge in [-0.3, -0.25) is 14.9 Å². The molecule has 1 aromatic rings. The minimum absolute atomic E-state index is 0.135. The van der Waals surface area contributed by atoms with Gasteiger partial charge in [0.15, 0.2) is 11.5 Å². The molecule has 0 amide bonds. The molecule has 0 N–H and O–H groups in total. The Balaban J connectivity index is 3.26. The average Bonchev–Trinajstić information content (AvgIpc) is 2.36. The van der Waals surface area contributed by atoms with Gasteiger partial charge >= 0.3 is 5.97 Å². The van der Waals surface area contributed by atoms with E-state index in [-0.39, 0.29) is 17.2 Å². The van der Waals surface area contributed by atoms with Gasteiger partial charge < -0.3 is 14.2 Å². The number of esters is 1. The van der Waals surface area contributed by atoms with Gasteiger partial charge in [0.2, 0.25) is 11.9 Å². The molecule has 0 atom stereocenters. The van der Waals surface area contributed by atoms with E-state index in [2.05, 4.69) is 0 Å². The van der Waals surface area contributed by atoms with Crippen LogP contribution in [-0.2, 0) is 4.79 Å². The Morgan fingerprint density at radius 3 is 2.16 bits per heavy atom. The fourth-order valence-electron chi connectivity index (χ4n) is 1.39. The molecule has 0 aliphatic heterocycles. The normalized spacial score (nSPS) is 10.3. The maximum Gasteiger partial charge on any atom is 0.308 e. The first kappa shape index (κ1) is 14.5. The Labute approximate surface area is 109 Å². The largest absolute Gasteiger partial charge is 0.493 e. The molecule has 0 aromatic heterocycles. The number of carbonyl (C=O) groups is 1. The van der Waals surface area contributed by atoms with Crippen LogP contribution in [0.4, 0.5) is 0 Å². The summed E-state index contributed by atoms with van der Waals surface area (Å²) in [4.78, 5) is 20.7. The molecule has 102 valence electrons. The predicted octanol–water partition coefficient (Wildman–Crippen LogP) is 1.88. The van der Waals surface area contributed by atoms with E-state index < -0.39 is 10.9 Å². The maximum atomic E-state index is 11.0. The molecule has 0 aliphatic carbocycles. The van der Waals surface area contributed by atoms with Crippen LogP contribution in [0.1, 0.15) is 12.5 Å². The van der Waals surface area contributed by atoms with Crippen molar-refractivity contribution >= 4 is 12.0 Å². The van der Waals surface area contributed by atoms with Crippen molar-refractivity contribution in [2.24, 2.45) is 0 Å². The molecule has 0 fully saturated rings. The summed E-state index contributed by atoms with van der Waals surface area (Å²) in [6, 6.07) is 3.00. The molecule has 7 nitrogen and oxygen atoms in total. The van der Waals surface area contributed by atoms with E-state index >= 15 is 0 Å². The molecule has 19 heavy (non-hydrogen) atoms. The van der Waals surface area contributed by atoms with Crippen molar-refractivity contribution in [1.82, 2.24) is 0 Å². The van der Waals surface area contributed by atoms with Crippen LogP contribution >= 0.6 is 0 Å². The quantitative estimate of drug-likeness (QED) is 0.350. The molecule has 0 saturated carbocycles. The second-order valence-corrected chi connectivity index (χ2v) is 3.45. The van der Waals surface area contributed by atoms with Gasteiger partial charge in [-0.2, -0.15) is 0 Å². The Bertz CT molecular complexity index is 498. The second kappa shape index (κ2) is 6.39. The van der Waals surface area contributed by atoms with Gasteiger partial charge in [0, 0.05) is 13.0 Å². The van der Waals surface area contributed by atoms with Crippen LogP contribution < -0.4 is 14.2 Å². The van der Waals surface area contributed by atoms with Gasteiger partial charge in [0.1, 0.15) is 0 Å². The summed E-state index contributed by atoms with van der Waals surface area (Å²) in [5.74, 6) is 0.107. The second-order valence-electron chi connectivity index (χ2n) is 3.45. The van der Waals surface area contributed by atoms with Crippen molar-refractivity contribution < 1.29 is 23.9 Å². The zero-order valence-electron chi connectivity index (χ0n) is 10.7. The highest BCUT2D eigenvalue weighted by atomic mass is 16.6. The zero-order chi connectivity index (χ0) is 14.4. The van der Waals surface area contributed by atoms with E-state index in [4.69, 9.17) is 14.2 Å². The fourth-order valence-corrected chi connectivity index (χ4v) is 1.39. The van der Waals surface area contributed by atoms with Crippen molar-refractivity contribution in [2.45, 2.75) is 6.92 Å². The lowest BCUT2D eigenvalue weighted by atomic mass is 10.2. The molecule has 7 heteroatoms. The van der Waals surface area contributed by atoms with Crippen LogP contribution in [0.15, 0.2) is 18.3 Å². The summed E-state index contributed by atoms with van der Waals surface area (Å²) < 4.78 is 15.1. The Hall–Kier alpha value is -2.57. The molecule has 0 heterocycles. The Morgan fingerprint density at radius 2 is 1.79 bits per heavy atom. The van der Waals surface area contributed by atoms with Crippen LogP contribution in [0.5, 0.6) is 17.2 Å². The topological polar surface area (TPSA) is 87.9 Å². The minimum atomic E-state index is -0.584. The number of benzene rings is 1. The summed E-state index contributed by atoms with van der Waals surface area (Å²) in [6.07, 6.45) is 2.07. The highest BCUT2D eigenvalue weighted by Gasteiger charge is 2.15. The lowest BCUT2D eigenvalue weighted by molar-refractivity contribution is -0.400. The van der Waals surface area contributed by atoms with Gasteiger partial charge in [-0.05, 0) is 17.7 Å². The SMILES string of the molecule is COc1cc(C=C[N+](=O)[O-])cc(OC)c1OC(C)=O. The Kier molecular flexibility index (Phi) is 4.87. The third-order valence-corrected chi connectivity index (χ3v) is 2.12. The van der Waals surface area contributed by atoms with E-state index in [0.29, 0.717) is 5.56 Å². The van der Waals surface area contributed by atoms with E-state index in [1.54, 1.807) is 0 Å². The van der Waals surface area contributed by atoms with Gasteiger partial charge in [0.05, 0.1) is 19.1 Å². The number of nitro groups is 1. The number of ether oxygens (including phenoxy) is 3. The van der Waals surface area contributed by atoms with Crippen molar-refractivity contribution in [1.29, 1.82) is 0 Å². The summed E-state index contributed by atoms with van der Waals surface area (Å²) in [6.45, 7) is 1.25. The summed E-state index contributed by atoms with van der Waals surface area (Å²) in [5.41, 5.74) is 0.487. The number of methoxy groups -OCH3 is 2. The lowest BCUT2D eigenvalue weighted by Gasteiger charge is -2.13. The summed E-state index contributed by atoms with van der Waals surface area (Å²) in [7, 11) is 2.78. The molecule has 0 bridgehead atoms. The number of rotatable bonds is 5. The molecule has 0 spiro atoms. The number of hydrogen-bond donors (Lipinski definition) is 0. The molecule has 0 unspecified atom stereocenters. The predicted molar refractivity (Wildman–Crippen MR) is 66.9 cm³/mol. The lowest BCUT2D eigenvalue weighted by Crippen LogP contribution is -2.05. The van der Waals surface area contributed by atoms with Crippen molar-refractivity contribution in [3.05, 3.63) is 34.0 Å². The van der Waals surface area contributed by atoms with Gasteiger partial charge in [-0.1, -0.05) is 0 Å². The van der Waals surface area contributed by atoms with Crippen LogP contribution in [0, 0.1) is 10.1 Å². The van der Waals surface area contributed by atoms with E-state index in [1.165, 1.54) is 39.4 Å². The molecule has 0 radical (unpaired) electrons. The van der Waals surface area contributed by atoms with Gasteiger partial charge in [-0.15, -0.1) is 0 Å². The van der Waals surface area contributed by atoms with E-state index in [1.807, 2.05) is 0 Å². The highest BCUT2D eigenvalue weighted by Crippen LogP contribution is 2.38. The van der Waals surface area contributed by atoms with Gasteiger partial charge in [-0.25, -0.2) is 0 Å². The number of carbonyl (C=O) groups excluding carboxylic acids is 1. The van der Waals surface area contributed by atoms with E-state index in [9.17, 15) is 14.9 Å². The standard InChI is InChI=1S/C12H13NO6/c1-8(14)19-12-10(17-2)6-9(4-5-13(15)16)7-11(12)18-3/h4-7H,1-3H3. The Morgan fingerprint density at radius 1 is 1.26 bits per heavy atom. The number of nitrogens with zero attached hydrogens (tertiary/aromatic N) is 1. The van der Waals surface area contributed by atoms with Crippen molar-refractivity contribution in [3.63, 3.8) is 0 Å². The highest BCUT2D eigenvalue weighted by molar-refractivity contribution is 5.73. The summed E-state index contributed by atoms with van der Waals surface area (Å²) in [5, 5.41) is 10.3. The van der Waals surface area contributed by atoms with Gasteiger partial charge in [0.25, 0.3) is 0 Å². The zero-order valence-corrected chi connectivity index (χ0v) is 10.7. The average molecular weight is 267 g/mol. The monoisotopic (exact) mass is 267 g/mol. The molecular formula is C12H13NO6. The van der Waals surface area contributed by atoms with Crippen molar-refractivity contribution in [2.75, 3.05) is 14.2 Å². The molecule has 0 saturated heterocycles. The molecular weight excluding hydrogens is 254 g/mol. The van der Waals surface area contributed by atoms with Crippen LogP contribution in [0.25, 0.3) is 6.08 Å². The van der Waals surface area contributed by atoms with Crippen molar-refractivity contribution in [3.8, 4) is 17.2 Å². The molecule has 0 aliphatic rings. The van der Waals surface area contributed by atoms with Crippen LogP contribution in [0.3, 0.4) is 0 Å². The first-order valence-corrected chi connectivity index (χ1v) is 5.24. The molecule has 1 aromatic carbocycles. The first-order valence-electron chi connectivity index (χ1n) is 5.24. The third kappa shape index (κ3) is 3.98. The van der Waals surface area contributed by atoms with Crippen LogP contribution in [-0.4, -0.2) is 25.1 Å². The first-order chi connectivity index (χ1) is 8.97. The van der Waals surface area contributed by atoms with Crippen LogP contribution in [0.2, 0.25) is 0 Å². The summed E-state index contributed by atoms with van der Waals surface area (Å²) >= 11 is 0. The maximum absolute atomic E-state index is 11.0. The minimum Gasteiger partial charge on any atom is -0.493 e. The number of hydrogen-bond acceptors (Lipinski definition) is 6.